The second-order valence-corrected chi connectivity index (χ2v) is 4.60. The molecule has 0 aliphatic carbocycles. The zero-order valence-corrected chi connectivity index (χ0v) is 10.8. The summed E-state index contributed by atoms with van der Waals surface area (Å²) in [6, 6.07) is 16.3. The van der Waals surface area contributed by atoms with Crippen molar-refractivity contribution in [1.82, 2.24) is 9.55 Å². The van der Waals surface area contributed by atoms with Crippen molar-refractivity contribution in [2.75, 3.05) is 5.43 Å². The molecule has 1 aromatic heterocycles. The lowest BCUT2D eigenvalue weighted by Crippen LogP contribution is -2.06. The Kier molecular flexibility index (Phi) is 2.93. The van der Waals surface area contributed by atoms with Crippen LogP contribution in [0.1, 0.15) is 11.4 Å². The maximum absolute atomic E-state index is 5.44. The molecular weight excluding hydrogens is 236 g/mol. The van der Waals surface area contributed by atoms with Gasteiger partial charge in [0.1, 0.15) is 5.82 Å². The first-order valence-corrected chi connectivity index (χ1v) is 6.24. The molecule has 3 aromatic rings. The fourth-order valence-electron chi connectivity index (χ4n) is 2.27. The number of rotatable bonds is 3. The van der Waals surface area contributed by atoms with Crippen LogP contribution in [0.2, 0.25) is 0 Å². The second-order valence-electron chi connectivity index (χ2n) is 4.60. The van der Waals surface area contributed by atoms with Crippen LogP contribution in [-0.4, -0.2) is 9.55 Å². The third-order valence-corrected chi connectivity index (χ3v) is 3.35. The Labute approximate surface area is 111 Å². The van der Waals surface area contributed by atoms with Gasteiger partial charge in [0.05, 0.1) is 16.7 Å². The Morgan fingerprint density at radius 3 is 2.68 bits per heavy atom. The Balaban J connectivity index is 2.03. The highest BCUT2D eigenvalue weighted by molar-refractivity contribution is 5.80. The molecule has 1 heterocycles. The van der Waals surface area contributed by atoms with Crippen LogP contribution in [0.25, 0.3) is 11.0 Å². The van der Waals surface area contributed by atoms with Crippen molar-refractivity contribution in [2.45, 2.75) is 6.42 Å². The molecule has 0 atom stereocenters. The van der Waals surface area contributed by atoms with E-state index in [1.807, 2.05) is 31.3 Å². The zero-order chi connectivity index (χ0) is 13.2. The minimum atomic E-state index is 0.831. The number of hydrogen-bond donors (Lipinski definition) is 2. The first kappa shape index (κ1) is 11.7. The Morgan fingerprint density at radius 2 is 1.95 bits per heavy atom. The van der Waals surface area contributed by atoms with Crippen molar-refractivity contribution in [2.24, 2.45) is 12.9 Å². The number of nitrogens with two attached hydrogens (primary N) is 1. The molecule has 0 bridgehead atoms. The van der Waals surface area contributed by atoms with Crippen LogP contribution >= 0.6 is 0 Å². The molecule has 19 heavy (non-hydrogen) atoms. The van der Waals surface area contributed by atoms with Crippen LogP contribution < -0.4 is 11.3 Å². The van der Waals surface area contributed by atoms with E-state index in [2.05, 4.69) is 39.2 Å². The van der Waals surface area contributed by atoms with Gasteiger partial charge >= 0.3 is 0 Å². The molecule has 0 saturated carbocycles. The van der Waals surface area contributed by atoms with E-state index in [-0.39, 0.29) is 0 Å². The SMILES string of the molecule is Cn1c(Cc2ccccc2)nc2ccc(NN)cc21. The molecule has 0 radical (unpaired) electrons. The molecule has 0 amide bonds. The molecule has 4 nitrogen and oxygen atoms in total. The average Bonchev–Trinajstić information content (AvgIpc) is 2.76. The van der Waals surface area contributed by atoms with E-state index < -0.39 is 0 Å². The fourth-order valence-corrected chi connectivity index (χ4v) is 2.27. The molecule has 0 saturated heterocycles. The number of nitrogens with one attached hydrogen (secondary N) is 1. The number of imidazole rings is 1. The lowest BCUT2D eigenvalue weighted by atomic mass is 10.1. The van der Waals surface area contributed by atoms with Crippen molar-refractivity contribution < 1.29 is 0 Å². The maximum atomic E-state index is 5.44. The van der Waals surface area contributed by atoms with Gasteiger partial charge in [0.2, 0.25) is 0 Å². The van der Waals surface area contributed by atoms with Crippen LogP contribution in [0, 0.1) is 0 Å². The summed E-state index contributed by atoms with van der Waals surface area (Å²) in [4.78, 5) is 4.68. The number of aryl methyl sites for hydroxylation is 1. The van der Waals surface area contributed by atoms with Crippen LogP contribution in [-0.2, 0) is 13.5 Å². The predicted molar refractivity (Wildman–Crippen MR) is 77.8 cm³/mol. The topological polar surface area (TPSA) is 55.9 Å². The van der Waals surface area contributed by atoms with Gasteiger partial charge in [-0.1, -0.05) is 30.3 Å². The molecule has 3 rings (SSSR count). The van der Waals surface area contributed by atoms with Gasteiger partial charge in [0, 0.05) is 13.5 Å². The number of anilines is 1. The van der Waals surface area contributed by atoms with Gasteiger partial charge in [-0.2, -0.15) is 0 Å². The summed E-state index contributed by atoms with van der Waals surface area (Å²) in [5.41, 5.74) is 6.89. The number of nitrogens with zero attached hydrogens (tertiary/aromatic N) is 2. The fraction of sp³-hybridized carbons (Fsp3) is 0.133. The molecule has 0 unspecified atom stereocenters. The summed E-state index contributed by atoms with van der Waals surface area (Å²) in [7, 11) is 2.04. The summed E-state index contributed by atoms with van der Waals surface area (Å²) in [6.45, 7) is 0. The highest BCUT2D eigenvalue weighted by atomic mass is 15.2. The number of nitrogen functional groups attached to an aromatic ring is 1. The van der Waals surface area contributed by atoms with E-state index in [0.29, 0.717) is 0 Å². The second kappa shape index (κ2) is 4.74. The van der Waals surface area contributed by atoms with Gasteiger partial charge in [-0.15, -0.1) is 0 Å². The molecule has 0 aliphatic heterocycles. The lowest BCUT2D eigenvalue weighted by molar-refractivity contribution is 0.845. The standard InChI is InChI=1S/C15H16N4/c1-19-14-10-12(18-16)7-8-13(14)17-15(19)9-11-5-3-2-4-6-11/h2-8,10,18H,9,16H2,1H3. The third kappa shape index (κ3) is 2.18. The van der Waals surface area contributed by atoms with Gasteiger partial charge < -0.3 is 9.99 Å². The molecular formula is C15H16N4. The summed E-state index contributed by atoms with van der Waals surface area (Å²) in [5.74, 6) is 6.49. The first-order chi connectivity index (χ1) is 9.28. The Hall–Kier alpha value is -2.33. The molecule has 2 aromatic carbocycles. The van der Waals surface area contributed by atoms with Gasteiger partial charge in [0.15, 0.2) is 0 Å². The summed E-state index contributed by atoms with van der Waals surface area (Å²) < 4.78 is 2.11. The van der Waals surface area contributed by atoms with Crippen LogP contribution in [0.3, 0.4) is 0 Å². The number of hydrogen-bond acceptors (Lipinski definition) is 3. The van der Waals surface area contributed by atoms with Gasteiger partial charge in [0.25, 0.3) is 0 Å². The Bertz CT molecular complexity index is 701. The summed E-state index contributed by atoms with van der Waals surface area (Å²) >= 11 is 0. The number of hydrazine groups is 1. The van der Waals surface area contributed by atoms with Crippen molar-refractivity contribution in [3.8, 4) is 0 Å². The highest BCUT2D eigenvalue weighted by Crippen LogP contribution is 2.20. The third-order valence-electron chi connectivity index (χ3n) is 3.35. The minimum absolute atomic E-state index is 0.831. The number of aromatic nitrogens is 2. The van der Waals surface area contributed by atoms with Gasteiger partial charge in [-0.25, -0.2) is 4.98 Å². The number of benzene rings is 2. The number of fused-ring (bicyclic) bond motifs is 1. The van der Waals surface area contributed by atoms with E-state index in [1.165, 1.54) is 5.56 Å². The lowest BCUT2D eigenvalue weighted by Gasteiger charge is -2.03. The quantitative estimate of drug-likeness (QED) is 0.556. The van der Waals surface area contributed by atoms with Crippen LogP contribution in [0.4, 0.5) is 5.69 Å². The van der Waals surface area contributed by atoms with E-state index in [9.17, 15) is 0 Å². The Morgan fingerprint density at radius 1 is 1.16 bits per heavy atom. The van der Waals surface area contributed by atoms with Crippen molar-refractivity contribution in [1.29, 1.82) is 0 Å². The van der Waals surface area contributed by atoms with Crippen molar-refractivity contribution in [3.63, 3.8) is 0 Å². The largest absolute Gasteiger partial charge is 0.331 e. The predicted octanol–water partition coefficient (Wildman–Crippen LogP) is 2.45. The summed E-state index contributed by atoms with van der Waals surface area (Å²) in [5, 5.41) is 0. The van der Waals surface area contributed by atoms with E-state index >= 15 is 0 Å². The monoisotopic (exact) mass is 252 g/mol. The van der Waals surface area contributed by atoms with Crippen LogP contribution in [0.5, 0.6) is 0 Å². The average molecular weight is 252 g/mol. The van der Waals surface area contributed by atoms with Gasteiger partial charge in [-0.05, 0) is 23.8 Å². The molecule has 96 valence electrons. The highest BCUT2D eigenvalue weighted by Gasteiger charge is 2.08. The maximum Gasteiger partial charge on any atom is 0.114 e. The molecule has 4 heteroatoms. The van der Waals surface area contributed by atoms with Crippen molar-refractivity contribution >= 4 is 16.7 Å². The zero-order valence-electron chi connectivity index (χ0n) is 10.8. The minimum Gasteiger partial charge on any atom is -0.331 e. The van der Waals surface area contributed by atoms with E-state index in [1.54, 1.807) is 0 Å². The normalized spacial score (nSPS) is 10.8. The van der Waals surface area contributed by atoms with Crippen LogP contribution in [0.15, 0.2) is 48.5 Å². The molecule has 0 aliphatic rings. The molecule has 3 N–H and O–H groups in total. The van der Waals surface area contributed by atoms with E-state index in [4.69, 9.17) is 5.84 Å². The first-order valence-electron chi connectivity index (χ1n) is 6.24. The van der Waals surface area contributed by atoms with Crippen molar-refractivity contribution in [3.05, 3.63) is 59.9 Å². The molecule has 0 fully saturated rings. The van der Waals surface area contributed by atoms with Gasteiger partial charge in [-0.3, -0.25) is 5.84 Å². The van der Waals surface area contributed by atoms with E-state index in [0.717, 1.165) is 29.0 Å². The smallest absolute Gasteiger partial charge is 0.114 e. The summed E-state index contributed by atoms with van der Waals surface area (Å²) in [6.07, 6.45) is 0.831. The molecule has 0 spiro atoms.